The molecule has 17 heavy (non-hydrogen) atoms. The van der Waals surface area contributed by atoms with Crippen molar-refractivity contribution in [2.45, 2.75) is 6.92 Å². The van der Waals surface area contributed by atoms with E-state index in [1.54, 1.807) is 6.92 Å². The molecule has 0 atom stereocenters. The number of hydrogen-bond acceptors (Lipinski definition) is 6. The number of hydrogen-bond donors (Lipinski definition) is 0. The first-order valence-corrected chi connectivity index (χ1v) is 5.64. The Hall–Kier alpha value is -1.89. The van der Waals surface area contributed by atoms with Crippen LogP contribution in [-0.2, 0) is 4.74 Å². The topological polar surface area (TPSA) is 65.0 Å². The van der Waals surface area contributed by atoms with E-state index in [9.17, 15) is 9.18 Å². The minimum absolute atomic E-state index is 0.145. The molecule has 0 bridgehead atoms. The molecule has 7 heteroatoms. The summed E-state index contributed by atoms with van der Waals surface area (Å²) in [5.41, 5.74) is 0.484. The molecule has 0 unspecified atom stereocenters. The highest BCUT2D eigenvalue weighted by atomic mass is 32.1. The van der Waals surface area contributed by atoms with Gasteiger partial charge in [-0.1, -0.05) is 11.3 Å². The number of nitrogens with zero attached hydrogens (tertiary/aromatic N) is 3. The summed E-state index contributed by atoms with van der Waals surface area (Å²) in [5.74, 6) is -0.990. The van der Waals surface area contributed by atoms with Crippen LogP contribution in [0, 0.1) is 5.82 Å². The Balaban J connectivity index is 2.27. The van der Waals surface area contributed by atoms with Gasteiger partial charge in [0, 0.05) is 11.8 Å². The number of halogens is 1. The molecule has 0 aliphatic carbocycles. The van der Waals surface area contributed by atoms with Crippen molar-refractivity contribution in [3.63, 3.8) is 0 Å². The highest BCUT2D eigenvalue weighted by Gasteiger charge is 2.15. The van der Waals surface area contributed by atoms with E-state index in [-0.39, 0.29) is 11.6 Å². The van der Waals surface area contributed by atoms with Crippen molar-refractivity contribution in [1.29, 1.82) is 0 Å². The van der Waals surface area contributed by atoms with Crippen LogP contribution in [0.4, 0.5) is 4.39 Å². The van der Waals surface area contributed by atoms with Crippen molar-refractivity contribution in [2.75, 3.05) is 6.61 Å². The maximum Gasteiger partial charge on any atom is 0.369 e. The quantitative estimate of drug-likeness (QED) is 0.782. The van der Waals surface area contributed by atoms with Gasteiger partial charge in [-0.05, 0) is 13.0 Å². The Kier molecular flexibility index (Phi) is 3.38. The van der Waals surface area contributed by atoms with E-state index in [1.165, 1.54) is 12.3 Å². The Bertz CT molecular complexity index is 544. The van der Waals surface area contributed by atoms with Crippen molar-refractivity contribution in [1.82, 2.24) is 15.2 Å². The van der Waals surface area contributed by atoms with Crippen molar-refractivity contribution in [2.24, 2.45) is 0 Å². The summed E-state index contributed by atoms with van der Waals surface area (Å²) in [6.07, 6.45) is 2.55. The SMILES string of the molecule is CCOC(=O)c1nnc(-c2cncc(F)c2)s1. The fourth-order valence-corrected chi connectivity index (χ4v) is 1.86. The molecule has 0 fully saturated rings. The smallest absolute Gasteiger partial charge is 0.369 e. The lowest BCUT2D eigenvalue weighted by Gasteiger charge is -1.95. The molecule has 0 N–H and O–H groups in total. The number of ether oxygens (including phenoxy) is 1. The van der Waals surface area contributed by atoms with Crippen LogP contribution in [0.25, 0.3) is 10.6 Å². The molecule has 0 aliphatic rings. The van der Waals surface area contributed by atoms with Crippen LogP contribution in [-0.4, -0.2) is 27.8 Å². The first-order chi connectivity index (χ1) is 8.20. The van der Waals surface area contributed by atoms with Gasteiger partial charge in [-0.25, -0.2) is 9.18 Å². The average Bonchev–Trinajstić information content (AvgIpc) is 2.78. The highest BCUT2D eigenvalue weighted by molar-refractivity contribution is 7.16. The van der Waals surface area contributed by atoms with Gasteiger partial charge in [0.2, 0.25) is 5.01 Å². The summed E-state index contributed by atoms with van der Waals surface area (Å²) < 4.78 is 17.7. The van der Waals surface area contributed by atoms with Gasteiger partial charge in [-0.15, -0.1) is 10.2 Å². The zero-order chi connectivity index (χ0) is 12.3. The second-order valence-corrected chi connectivity index (χ2v) is 4.00. The van der Waals surface area contributed by atoms with Gasteiger partial charge in [0.15, 0.2) is 0 Å². The number of esters is 1. The number of carbonyl (C=O) groups excluding carboxylic acids is 1. The summed E-state index contributed by atoms with van der Waals surface area (Å²) in [5, 5.41) is 8.05. The first kappa shape index (κ1) is 11.6. The van der Waals surface area contributed by atoms with Gasteiger partial charge >= 0.3 is 5.97 Å². The van der Waals surface area contributed by atoms with E-state index in [0.29, 0.717) is 10.6 Å². The molecule has 2 heterocycles. The molecule has 0 radical (unpaired) electrons. The van der Waals surface area contributed by atoms with Crippen LogP contribution in [0.15, 0.2) is 18.5 Å². The summed E-state index contributed by atoms with van der Waals surface area (Å²) >= 11 is 1.04. The summed E-state index contributed by atoms with van der Waals surface area (Å²) in [4.78, 5) is 15.1. The van der Waals surface area contributed by atoms with Gasteiger partial charge in [0.05, 0.1) is 12.8 Å². The molecule has 0 amide bonds. The molecule has 0 saturated heterocycles. The zero-order valence-corrected chi connectivity index (χ0v) is 9.70. The summed E-state index contributed by atoms with van der Waals surface area (Å²) in [6.45, 7) is 1.98. The fourth-order valence-electron chi connectivity index (χ4n) is 1.14. The fraction of sp³-hybridized carbons (Fsp3) is 0.200. The molecule has 0 spiro atoms. The van der Waals surface area contributed by atoms with Crippen LogP contribution in [0.5, 0.6) is 0 Å². The second kappa shape index (κ2) is 4.96. The standard InChI is InChI=1S/C10H8FN3O2S/c1-2-16-10(15)9-14-13-8(17-9)6-3-7(11)5-12-4-6/h3-5H,2H2,1H3. The Morgan fingerprint density at radius 3 is 3.00 bits per heavy atom. The largest absolute Gasteiger partial charge is 0.461 e. The zero-order valence-electron chi connectivity index (χ0n) is 8.88. The molecule has 0 aromatic carbocycles. The number of aromatic nitrogens is 3. The number of rotatable bonds is 3. The predicted octanol–water partition coefficient (Wildman–Crippen LogP) is 1.92. The van der Waals surface area contributed by atoms with Crippen LogP contribution in [0.1, 0.15) is 16.7 Å². The van der Waals surface area contributed by atoms with Crippen LogP contribution < -0.4 is 0 Å². The third kappa shape index (κ3) is 2.62. The summed E-state index contributed by atoms with van der Waals surface area (Å²) in [6, 6.07) is 1.28. The van der Waals surface area contributed by atoms with Gasteiger partial charge in [0.25, 0.3) is 0 Å². The number of carbonyl (C=O) groups is 1. The van der Waals surface area contributed by atoms with Crippen molar-refractivity contribution in [3.8, 4) is 10.6 Å². The van der Waals surface area contributed by atoms with Crippen LogP contribution >= 0.6 is 11.3 Å². The third-order valence-corrected chi connectivity index (χ3v) is 2.78. The molecule has 0 saturated carbocycles. The van der Waals surface area contributed by atoms with Gasteiger partial charge in [-0.2, -0.15) is 0 Å². The minimum Gasteiger partial charge on any atom is -0.461 e. The predicted molar refractivity (Wildman–Crippen MR) is 59.1 cm³/mol. The lowest BCUT2D eigenvalue weighted by Crippen LogP contribution is -2.03. The number of pyridine rings is 1. The van der Waals surface area contributed by atoms with Gasteiger partial charge in [0.1, 0.15) is 10.8 Å². The Morgan fingerprint density at radius 2 is 2.29 bits per heavy atom. The van der Waals surface area contributed by atoms with Crippen molar-refractivity contribution < 1.29 is 13.9 Å². The van der Waals surface area contributed by atoms with E-state index >= 15 is 0 Å². The van der Waals surface area contributed by atoms with Crippen molar-refractivity contribution in [3.05, 3.63) is 29.3 Å². The van der Waals surface area contributed by atoms with E-state index < -0.39 is 11.8 Å². The third-order valence-electron chi connectivity index (χ3n) is 1.83. The average molecular weight is 253 g/mol. The maximum atomic E-state index is 12.9. The molecule has 2 rings (SSSR count). The monoisotopic (exact) mass is 253 g/mol. The Labute approximate surface area is 100 Å². The summed E-state index contributed by atoms with van der Waals surface area (Å²) in [7, 11) is 0. The molecule has 2 aromatic heterocycles. The molecular formula is C10H8FN3O2S. The molecule has 88 valence electrons. The van der Waals surface area contributed by atoms with E-state index in [1.807, 2.05) is 0 Å². The molecular weight excluding hydrogens is 245 g/mol. The highest BCUT2D eigenvalue weighted by Crippen LogP contribution is 2.23. The molecule has 2 aromatic rings. The Morgan fingerprint density at radius 1 is 1.47 bits per heavy atom. The minimum atomic E-state index is -0.527. The van der Waals surface area contributed by atoms with Crippen LogP contribution in [0.2, 0.25) is 0 Å². The van der Waals surface area contributed by atoms with Gasteiger partial charge in [-0.3, -0.25) is 4.98 Å². The normalized spacial score (nSPS) is 10.2. The van der Waals surface area contributed by atoms with E-state index in [0.717, 1.165) is 17.5 Å². The first-order valence-electron chi connectivity index (χ1n) is 4.82. The molecule has 5 nitrogen and oxygen atoms in total. The maximum absolute atomic E-state index is 12.9. The van der Waals surface area contributed by atoms with E-state index in [4.69, 9.17) is 4.74 Å². The van der Waals surface area contributed by atoms with E-state index in [2.05, 4.69) is 15.2 Å². The second-order valence-electron chi connectivity index (χ2n) is 3.02. The molecule has 0 aliphatic heterocycles. The van der Waals surface area contributed by atoms with Crippen LogP contribution in [0.3, 0.4) is 0 Å². The van der Waals surface area contributed by atoms with Gasteiger partial charge < -0.3 is 4.74 Å². The lowest BCUT2D eigenvalue weighted by atomic mass is 10.3. The van der Waals surface area contributed by atoms with Crippen molar-refractivity contribution >= 4 is 17.3 Å². The lowest BCUT2D eigenvalue weighted by molar-refractivity contribution is 0.0525.